The van der Waals surface area contributed by atoms with E-state index in [1.54, 1.807) is 12.4 Å². The highest BCUT2D eigenvalue weighted by Crippen LogP contribution is 2.28. The molecule has 5 heterocycles. The molecule has 174 valence electrons. The topological polar surface area (TPSA) is 154 Å². The number of hydrogen-bond acceptors (Lipinski definition) is 12. The molecule has 4 aromatic heterocycles. The van der Waals surface area contributed by atoms with Crippen LogP contribution in [0.5, 0.6) is 0 Å². The fourth-order valence-corrected chi connectivity index (χ4v) is 3.68. The van der Waals surface area contributed by atoms with Crippen LogP contribution in [0, 0.1) is 0 Å². The van der Waals surface area contributed by atoms with Gasteiger partial charge in [0.05, 0.1) is 30.9 Å². The fourth-order valence-electron chi connectivity index (χ4n) is 3.68. The number of ether oxygens (including phenoxy) is 1. The second-order valence-electron chi connectivity index (χ2n) is 7.85. The van der Waals surface area contributed by atoms with Crippen molar-refractivity contribution in [1.29, 1.82) is 0 Å². The Morgan fingerprint density at radius 1 is 1.06 bits per heavy atom. The van der Waals surface area contributed by atoms with E-state index >= 15 is 0 Å². The van der Waals surface area contributed by atoms with Gasteiger partial charge in [-0.3, -0.25) is 4.79 Å². The van der Waals surface area contributed by atoms with E-state index in [4.69, 9.17) is 25.4 Å². The highest BCUT2D eigenvalue weighted by atomic mass is 16.5. The van der Waals surface area contributed by atoms with Gasteiger partial charge in [-0.05, 0) is 0 Å². The van der Waals surface area contributed by atoms with Crippen molar-refractivity contribution in [2.24, 2.45) is 7.05 Å². The van der Waals surface area contributed by atoms with E-state index < -0.39 is 0 Å². The lowest BCUT2D eigenvalue weighted by molar-refractivity contribution is 0.112. The van der Waals surface area contributed by atoms with E-state index in [-0.39, 0.29) is 5.95 Å². The second kappa shape index (κ2) is 8.94. The van der Waals surface area contributed by atoms with Crippen LogP contribution in [0.3, 0.4) is 0 Å². The molecule has 2 N–H and O–H groups in total. The van der Waals surface area contributed by atoms with Crippen molar-refractivity contribution >= 4 is 35.2 Å². The molecular formula is C21H23N11O2. The minimum atomic E-state index is 0.187. The molecular weight excluding hydrogens is 438 g/mol. The Balaban J connectivity index is 1.56. The molecule has 0 amide bonds. The third kappa shape index (κ3) is 4.08. The largest absolute Gasteiger partial charge is 0.378 e. The summed E-state index contributed by atoms with van der Waals surface area (Å²) in [5, 5.41) is 0. The maximum absolute atomic E-state index is 10.9. The van der Waals surface area contributed by atoms with E-state index in [0.29, 0.717) is 73.2 Å². The lowest BCUT2D eigenvalue weighted by Crippen LogP contribution is -2.37. The Morgan fingerprint density at radius 2 is 1.76 bits per heavy atom. The molecule has 0 saturated carbocycles. The molecule has 0 bridgehead atoms. The molecule has 5 rings (SSSR count). The lowest BCUT2D eigenvalue weighted by Gasteiger charge is -2.28. The Labute approximate surface area is 194 Å². The zero-order valence-electron chi connectivity index (χ0n) is 18.8. The molecule has 1 fully saturated rings. The Morgan fingerprint density at radius 3 is 2.44 bits per heavy atom. The SMILES string of the molecule is CN(Cc1nc2c(N3CCOCC3)nc(-c3cnc(N)nc3)nc2n1C)c1ncc(C=O)cn1. The van der Waals surface area contributed by atoms with Gasteiger partial charge in [-0.1, -0.05) is 0 Å². The van der Waals surface area contributed by atoms with Crippen molar-refractivity contribution in [3.8, 4) is 11.4 Å². The fraction of sp³-hybridized carbons (Fsp3) is 0.333. The van der Waals surface area contributed by atoms with E-state index in [1.807, 2.05) is 23.6 Å². The molecule has 0 aliphatic carbocycles. The van der Waals surface area contributed by atoms with Crippen LogP contribution < -0.4 is 15.5 Å². The monoisotopic (exact) mass is 461 g/mol. The number of carbonyl (C=O) groups is 1. The van der Waals surface area contributed by atoms with Crippen LogP contribution in [0.25, 0.3) is 22.6 Å². The van der Waals surface area contributed by atoms with Crippen LogP contribution in [0.1, 0.15) is 16.2 Å². The third-order valence-electron chi connectivity index (χ3n) is 5.55. The zero-order valence-corrected chi connectivity index (χ0v) is 18.8. The van der Waals surface area contributed by atoms with Gasteiger partial charge in [0, 0.05) is 52.0 Å². The van der Waals surface area contributed by atoms with E-state index in [0.717, 1.165) is 11.6 Å². The predicted octanol–water partition coefficient (Wildman–Crippen LogP) is 0.478. The smallest absolute Gasteiger partial charge is 0.225 e. The number of nitrogen functional groups attached to an aromatic ring is 1. The van der Waals surface area contributed by atoms with Crippen molar-refractivity contribution in [3.63, 3.8) is 0 Å². The number of imidazole rings is 1. The molecule has 0 unspecified atom stereocenters. The van der Waals surface area contributed by atoms with Crippen LogP contribution in [0.15, 0.2) is 24.8 Å². The first-order valence-corrected chi connectivity index (χ1v) is 10.7. The van der Waals surface area contributed by atoms with Gasteiger partial charge in [0.2, 0.25) is 11.9 Å². The summed E-state index contributed by atoms with van der Waals surface area (Å²) in [6, 6.07) is 0. The highest BCUT2D eigenvalue weighted by molar-refractivity contribution is 5.86. The molecule has 1 saturated heterocycles. The summed E-state index contributed by atoms with van der Waals surface area (Å²) in [5.74, 6) is 2.65. The molecule has 0 aromatic carbocycles. The van der Waals surface area contributed by atoms with Crippen molar-refractivity contribution in [3.05, 3.63) is 36.2 Å². The minimum Gasteiger partial charge on any atom is -0.378 e. The van der Waals surface area contributed by atoms with Crippen LogP contribution in [-0.4, -0.2) is 79.1 Å². The van der Waals surface area contributed by atoms with Gasteiger partial charge in [0.1, 0.15) is 5.82 Å². The first-order valence-electron chi connectivity index (χ1n) is 10.7. The van der Waals surface area contributed by atoms with Crippen molar-refractivity contribution in [2.45, 2.75) is 6.54 Å². The number of aryl methyl sites for hydroxylation is 1. The lowest BCUT2D eigenvalue weighted by atomic mass is 10.3. The number of fused-ring (bicyclic) bond motifs is 1. The molecule has 1 aliphatic rings. The van der Waals surface area contributed by atoms with Crippen LogP contribution in [-0.2, 0) is 18.3 Å². The first-order chi connectivity index (χ1) is 16.5. The summed E-state index contributed by atoms with van der Waals surface area (Å²) in [4.78, 5) is 46.0. The molecule has 13 nitrogen and oxygen atoms in total. The molecule has 0 spiro atoms. The summed E-state index contributed by atoms with van der Waals surface area (Å²) >= 11 is 0. The predicted molar refractivity (Wildman–Crippen MR) is 124 cm³/mol. The van der Waals surface area contributed by atoms with Gasteiger partial charge in [-0.15, -0.1) is 0 Å². The van der Waals surface area contributed by atoms with Gasteiger partial charge >= 0.3 is 0 Å². The summed E-state index contributed by atoms with van der Waals surface area (Å²) in [6.07, 6.45) is 6.91. The van der Waals surface area contributed by atoms with Crippen LogP contribution in [0.2, 0.25) is 0 Å². The highest BCUT2D eigenvalue weighted by Gasteiger charge is 2.23. The normalized spacial score (nSPS) is 13.9. The first kappa shape index (κ1) is 21.6. The Kier molecular flexibility index (Phi) is 5.67. The second-order valence-corrected chi connectivity index (χ2v) is 7.85. The summed E-state index contributed by atoms with van der Waals surface area (Å²) in [7, 11) is 3.77. The molecule has 34 heavy (non-hydrogen) atoms. The van der Waals surface area contributed by atoms with Crippen molar-refractivity contribution in [2.75, 3.05) is 48.9 Å². The van der Waals surface area contributed by atoms with Gasteiger partial charge in [0.25, 0.3) is 0 Å². The van der Waals surface area contributed by atoms with E-state index in [2.05, 4.69) is 24.8 Å². The Bertz CT molecular complexity index is 1320. The molecule has 4 aromatic rings. The number of nitrogens with two attached hydrogens (primary N) is 1. The van der Waals surface area contributed by atoms with Crippen LogP contribution in [0.4, 0.5) is 17.7 Å². The summed E-state index contributed by atoms with van der Waals surface area (Å²) in [5.41, 5.74) is 8.11. The zero-order chi connectivity index (χ0) is 23.7. The van der Waals surface area contributed by atoms with Crippen LogP contribution >= 0.6 is 0 Å². The van der Waals surface area contributed by atoms with Gasteiger partial charge < -0.3 is 24.8 Å². The quantitative estimate of drug-likeness (QED) is 0.397. The number of aldehydes is 1. The van der Waals surface area contributed by atoms with Crippen molar-refractivity contribution < 1.29 is 9.53 Å². The number of aromatic nitrogens is 8. The number of carbonyl (C=O) groups excluding carboxylic acids is 1. The third-order valence-corrected chi connectivity index (χ3v) is 5.55. The number of nitrogens with zero attached hydrogens (tertiary/aromatic N) is 10. The van der Waals surface area contributed by atoms with Gasteiger partial charge in [-0.25, -0.2) is 34.9 Å². The van der Waals surface area contributed by atoms with E-state index in [1.165, 1.54) is 12.4 Å². The molecule has 13 heteroatoms. The number of morpholine rings is 1. The summed E-state index contributed by atoms with van der Waals surface area (Å²) < 4.78 is 7.45. The average Bonchev–Trinajstić information content (AvgIpc) is 3.19. The molecule has 0 radical (unpaired) electrons. The number of anilines is 3. The number of hydrogen-bond donors (Lipinski definition) is 1. The Hall–Kier alpha value is -4.26. The van der Waals surface area contributed by atoms with Gasteiger partial charge in [0.15, 0.2) is 29.1 Å². The summed E-state index contributed by atoms with van der Waals surface area (Å²) in [6.45, 7) is 3.06. The molecule has 1 aliphatic heterocycles. The maximum atomic E-state index is 10.9. The molecule has 0 atom stereocenters. The number of rotatable bonds is 6. The standard InChI is InChI=1S/C21H23N11O2/c1-30(21-25-7-13(12-33)8-26-21)11-15-27-16-18(31(15)2)28-17(14-9-23-20(22)24-10-14)29-19(16)32-3-5-34-6-4-32/h7-10,12H,3-6,11H2,1-2H3,(H2,22,23,24). The van der Waals surface area contributed by atoms with E-state index in [9.17, 15) is 4.79 Å². The van der Waals surface area contributed by atoms with Crippen molar-refractivity contribution in [1.82, 2.24) is 39.5 Å². The minimum absolute atomic E-state index is 0.187. The average molecular weight is 461 g/mol. The maximum Gasteiger partial charge on any atom is 0.225 e. The van der Waals surface area contributed by atoms with Gasteiger partial charge in [-0.2, -0.15) is 0 Å².